The van der Waals surface area contributed by atoms with Crippen molar-refractivity contribution in [2.45, 2.75) is 6.92 Å². The lowest BCUT2D eigenvalue weighted by molar-refractivity contribution is -0.384. The van der Waals surface area contributed by atoms with Gasteiger partial charge in [0, 0.05) is 23.9 Å². The van der Waals surface area contributed by atoms with Gasteiger partial charge in [-0.1, -0.05) is 11.6 Å². The van der Waals surface area contributed by atoms with Gasteiger partial charge < -0.3 is 0 Å². The summed E-state index contributed by atoms with van der Waals surface area (Å²) in [6.45, 7) is 1.93. The Kier molecular flexibility index (Phi) is 3.06. The van der Waals surface area contributed by atoms with E-state index in [9.17, 15) is 10.1 Å². The van der Waals surface area contributed by atoms with Gasteiger partial charge in [-0.25, -0.2) is 0 Å². The van der Waals surface area contributed by atoms with Gasteiger partial charge in [-0.3, -0.25) is 15.1 Å². The lowest BCUT2D eigenvalue weighted by Gasteiger charge is -2.04. The Morgan fingerprint density at radius 1 is 1.29 bits per heavy atom. The van der Waals surface area contributed by atoms with Crippen LogP contribution in [0.25, 0.3) is 11.3 Å². The highest BCUT2D eigenvalue weighted by atomic mass is 35.5. The van der Waals surface area contributed by atoms with Crippen molar-refractivity contribution in [2.75, 3.05) is 0 Å². The molecule has 0 saturated heterocycles. The second-order valence-corrected chi connectivity index (χ2v) is 4.05. The average molecular weight is 249 g/mol. The zero-order valence-corrected chi connectivity index (χ0v) is 9.81. The molecule has 0 fully saturated rings. The van der Waals surface area contributed by atoms with Gasteiger partial charge in [-0.2, -0.15) is 0 Å². The molecule has 1 aromatic heterocycles. The first-order valence-corrected chi connectivity index (χ1v) is 5.32. The van der Waals surface area contributed by atoms with Crippen LogP contribution in [0.2, 0.25) is 5.02 Å². The maximum atomic E-state index is 10.7. The molecule has 86 valence electrons. The highest BCUT2D eigenvalue weighted by Crippen LogP contribution is 2.30. The maximum Gasteiger partial charge on any atom is 0.270 e. The van der Waals surface area contributed by atoms with E-state index in [0.717, 1.165) is 5.56 Å². The van der Waals surface area contributed by atoms with E-state index in [2.05, 4.69) is 4.98 Å². The molecule has 0 radical (unpaired) electrons. The number of hydrogen-bond donors (Lipinski definition) is 0. The summed E-state index contributed by atoms with van der Waals surface area (Å²) in [5.74, 6) is 0. The predicted octanol–water partition coefficient (Wildman–Crippen LogP) is 3.62. The molecular weight excluding hydrogens is 240 g/mol. The molecule has 2 rings (SSSR count). The van der Waals surface area contributed by atoms with Gasteiger partial charge in [0.05, 0.1) is 15.6 Å². The first kappa shape index (κ1) is 11.5. The molecule has 0 spiro atoms. The predicted molar refractivity (Wildman–Crippen MR) is 66.1 cm³/mol. The molecule has 0 aliphatic carbocycles. The first-order chi connectivity index (χ1) is 8.08. The molecule has 5 heteroatoms. The van der Waals surface area contributed by atoms with E-state index in [-0.39, 0.29) is 5.69 Å². The fourth-order valence-electron chi connectivity index (χ4n) is 1.51. The number of nitrogens with zero attached hydrogens (tertiary/aromatic N) is 2. The summed E-state index contributed by atoms with van der Waals surface area (Å²) >= 11 is 6.03. The minimum atomic E-state index is -0.449. The van der Waals surface area contributed by atoms with Crippen molar-refractivity contribution in [3.8, 4) is 11.3 Å². The third-order valence-corrected chi connectivity index (χ3v) is 2.68. The number of pyridine rings is 1. The lowest BCUT2D eigenvalue weighted by Crippen LogP contribution is -1.90. The summed E-state index contributed by atoms with van der Waals surface area (Å²) in [7, 11) is 0. The number of non-ortho nitro benzene ring substituents is 1. The lowest BCUT2D eigenvalue weighted by atomic mass is 10.1. The third kappa shape index (κ3) is 2.42. The molecule has 1 heterocycles. The van der Waals surface area contributed by atoms with Crippen LogP contribution in [0.4, 0.5) is 5.69 Å². The molecule has 0 aliphatic heterocycles. The SMILES string of the molecule is Cc1ccnc(-c2cc([N+](=O)[O-])ccc2Cl)c1. The van der Waals surface area contributed by atoms with Gasteiger partial charge in [0.1, 0.15) is 0 Å². The Morgan fingerprint density at radius 3 is 2.71 bits per heavy atom. The van der Waals surface area contributed by atoms with Crippen LogP contribution in [0.1, 0.15) is 5.56 Å². The smallest absolute Gasteiger partial charge is 0.258 e. The summed E-state index contributed by atoms with van der Waals surface area (Å²) in [5.41, 5.74) is 2.24. The number of benzene rings is 1. The van der Waals surface area contributed by atoms with Gasteiger partial charge in [-0.15, -0.1) is 0 Å². The number of halogens is 1. The van der Waals surface area contributed by atoms with Gasteiger partial charge in [-0.05, 0) is 30.7 Å². The highest BCUT2D eigenvalue weighted by molar-refractivity contribution is 6.33. The summed E-state index contributed by atoms with van der Waals surface area (Å²) in [6.07, 6.45) is 1.65. The molecule has 1 aromatic carbocycles. The van der Waals surface area contributed by atoms with E-state index < -0.39 is 4.92 Å². The third-order valence-electron chi connectivity index (χ3n) is 2.35. The van der Waals surface area contributed by atoms with Crippen LogP contribution in [0.5, 0.6) is 0 Å². The fraction of sp³-hybridized carbons (Fsp3) is 0.0833. The maximum absolute atomic E-state index is 10.7. The molecule has 17 heavy (non-hydrogen) atoms. The van der Waals surface area contributed by atoms with Crippen molar-refractivity contribution < 1.29 is 4.92 Å². The van der Waals surface area contributed by atoms with E-state index in [1.807, 2.05) is 19.1 Å². The minimum Gasteiger partial charge on any atom is -0.258 e. The van der Waals surface area contributed by atoms with E-state index in [1.165, 1.54) is 18.2 Å². The van der Waals surface area contributed by atoms with Crippen LogP contribution >= 0.6 is 11.6 Å². The standard InChI is InChI=1S/C12H9ClN2O2/c1-8-4-5-14-12(6-8)10-7-9(15(16)17)2-3-11(10)13/h2-7H,1H3. The van der Waals surface area contributed by atoms with Crippen molar-refractivity contribution in [3.05, 3.63) is 57.2 Å². The second-order valence-electron chi connectivity index (χ2n) is 3.64. The Balaban J connectivity index is 2.58. The number of hydrogen-bond acceptors (Lipinski definition) is 3. The number of nitro benzene ring substituents is 1. The van der Waals surface area contributed by atoms with Crippen LogP contribution in [0.15, 0.2) is 36.5 Å². The second kappa shape index (κ2) is 4.51. The van der Waals surface area contributed by atoms with Crippen molar-refractivity contribution in [1.82, 2.24) is 4.98 Å². The Labute approximate surface area is 103 Å². The minimum absolute atomic E-state index is 0.00714. The largest absolute Gasteiger partial charge is 0.270 e. The van der Waals surface area contributed by atoms with Gasteiger partial charge in [0.2, 0.25) is 0 Å². The monoisotopic (exact) mass is 248 g/mol. The van der Waals surface area contributed by atoms with Crippen molar-refractivity contribution in [3.63, 3.8) is 0 Å². The topological polar surface area (TPSA) is 56.0 Å². The molecule has 0 N–H and O–H groups in total. The van der Waals surface area contributed by atoms with Gasteiger partial charge in [0.15, 0.2) is 0 Å². The van der Waals surface area contributed by atoms with Crippen LogP contribution in [-0.2, 0) is 0 Å². The van der Waals surface area contributed by atoms with E-state index in [0.29, 0.717) is 16.3 Å². The molecule has 0 aliphatic rings. The zero-order chi connectivity index (χ0) is 12.4. The fourth-order valence-corrected chi connectivity index (χ4v) is 1.72. The van der Waals surface area contributed by atoms with Crippen molar-refractivity contribution in [2.24, 2.45) is 0 Å². The van der Waals surface area contributed by atoms with Crippen molar-refractivity contribution in [1.29, 1.82) is 0 Å². The van der Waals surface area contributed by atoms with E-state index in [4.69, 9.17) is 11.6 Å². The van der Waals surface area contributed by atoms with Crippen LogP contribution in [-0.4, -0.2) is 9.91 Å². The molecule has 0 bridgehead atoms. The molecule has 0 amide bonds. The first-order valence-electron chi connectivity index (χ1n) is 4.95. The molecular formula is C12H9ClN2O2. The van der Waals surface area contributed by atoms with Crippen molar-refractivity contribution >= 4 is 17.3 Å². The zero-order valence-electron chi connectivity index (χ0n) is 9.05. The highest BCUT2D eigenvalue weighted by Gasteiger charge is 2.12. The molecule has 0 atom stereocenters. The Bertz CT molecular complexity index is 584. The van der Waals surface area contributed by atoms with Gasteiger partial charge >= 0.3 is 0 Å². The number of rotatable bonds is 2. The molecule has 0 saturated carbocycles. The van der Waals surface area contributed by atoms with Crippen LogP contribution in [0.3, 0.4) is 0 Å². The summed E-state index contributed by atoms with van der Waals surface area (Å²) < 4.78 is 0. The molecule has 0 unspecified atom stereocenters. The Morgan fingerprint density at radius 2 is 2.06 bits per heavy atom. The quantitative estimate of drug-likeness (QED) is 0.602. The van der Waals surface area contributed by atoms with Crippen LogP contribution < -0.4 is 0 Å². The van der Waals surface area contributed by atoms with Gasteiger partial charge in [0.25, 0.3) is 5.69 Å². The Hall–Kier alpha value is -1.94. The molecule has 2 aromatic rings. The average Bonchev–Trinajstić information content (AvgIpc) is 2.29. The summed E-state index contributed by atoms with van der Waals surface area (Å²) in [5, 5.41) is 11.2. The van der Waals surface area contributed by atoms with E-state index in [1.54, 1.807) is 6.20 Å². The summed E-state index contributed by atoms with van der Waals surface area (Å²) in [6, 6.07) is 8.02. The van der Waals surface area contributed by atoms with E-state index >= 15 is 0 Å². The number of aromatic nitrogens is 1. The number of aryl methyl sites for hydroxylation is 1. The normalized spacial score (nSPS) is 10.2. The summed E-state index contributed by atoms with van der Waals surface area (Å²) in [4.78, 5) is 14.4. The van der Waals surface area contributed by atoms with Crippen LogP contribution in [0, 0.1) is 17.0 Å². The number of nitro groups is 1. The molecule has 4 nitrogen and oxygen atoms in total.